The first kappa shape index (κ1) is 25.6. The largest absolute Gasteiger partial charge is 0.206 e. The molecule has 2 aliphatic carbocycles. The molecule has 0 aliphatic heterocycles. The minimum absolute atomic E-state index is 0.00276. The van der Waals surface area contributed by atoms with Crippen LogP contribution in [0.1, 0.15) is 33.4 Å². The Balaban J connectivity index is 2.16. The highest BCUT2D eigenvalue weighted by molar-refractivity contribution is 6.41. The molecule has 0 bridgehead atoms. The normalized spacial score (nSPS) is 14.0. The zero-order valence-corrected chi connectivity index (χ0v) is 19.9. The van der Waals surface area contributed by atoms with E-state index in [9.17, 15) is 47.4 Å². The van der Waals surface area contributed by atoms with E-state index < -0.39 is 5.57 Å². The molecule has 2 aromatic rings. The van der Waals surface area contributed by atoms with E-state index in [1.54, 1.807) is 18.3 Å². The van der Waals surface area contributed by atoms with Gasteiger partial charge in [0, 0.05) is 27.9 Å². The molecule has 10 heteroatoms. The van der Waals surface area contributed by atoms with Gasteiger partial charge in [-0.3, -0.25) is 0 Å². The number of benzene rings is 2. The highest BCUT2D eigenvalue weighted by Crippen LogP contribution is 2.53. The van der Waals surface area contributed by atoms with Gasteiger partial charge in [-0.05, 0) is 35.4 Å². The Morgan fingerprint density at radius 1 is 0.500 bits per heavy atom. The van der Waals surface area contributed by atoms with Crippen LogP contribution in [0.5, 0.6) is 0 Å². The lowest BCUT2D eigenvalue weighted by Gasteiger charge is -2.14. The van der Waals surface area contributed by atoms with Crippen LogP contribution in [0.2, 0.25) is 0 Å². The second-order valence-electron chi connectivity index (χ2n) is 7.98. The standard InChI is InChI=1S/C30H6N10/c31-7-18-3-1-16(5-20(18)9-33)25-23(13-37)29-28(27(25)22(11-35)12-36)24(14-38)26(30(29)40-15-39)17-2-4-19(8-32)21(6-17)10-34/h1-6H. The van der Waals surface area contributed by atoms with Crippen LogP contribution in [0.4, 0.5) is 0 Å². The molecule has 10 nitrogen and oxygen atoms in total. The Kier molecular flexibility index (Phi) is 6.54. The Hall–Kier alpha value is -7.52. The van der Waals surface area contributed by atoms with Gasteiger partial charge in [-0.25, -0.2) is 0 Å². The van der Waals surface area contributed by atoms with Crippen molar-refractivity contribution in [3.8, 4) is 54.7 Å². The van der Waals surface area contributed by atoms with Crippen molar-refractivity contribution >= 4 is 16.9 Å². The summed E-state index contributed by atoms with van der Waals surface area (Å²) in [4.78, 5) is 3.89. The zero-order valence-electron chi connectivity index (χ0n) is 19.9. The molecule has 4 rings (SSSR count). The third-order valence-electron chi connectivity index (χ3n) is 6.18. The molecule has 0 fully saturated rings. The van der Waals surface area contributed by atoms with Gasteiger partial charge >= 0.3 is 0 Å². The molecule has 0 atom stereocenters. The summed E-state index contributed by atoms with van der Waals surface area (Å²) in [6.45, 7) is 0. The van der Waals surface area contributed by atoms with Gasteiger partial charge in [0.25, 0.3) is 0 Å². The van der Waals surface area contributed by atoms with Crippen molar-refractivity contribution in [3.63, 3.8) is 0 Å². The Bertz CT molecular complexity index is 2120. The van der Waals surface area contributed by atoms with E-state index in [1.807, 2.05) is 36.4 Å². The molecule has 2 aliphatic rings. The number of hydrogen-bond donors (Lipinski definition) is 0. The Labute approximate surface area is 227 Å². The lowest BCUT2D eigenvalue weighted by molar-refractivity contribution is 1.39. The number of nitrogens with zero attached hydrogens (tertiary/aromatic N) is 10. The van der Waals surface area contributed by atoms with Crippen molar-refractivity contribution < 1.29 is 0 Å². The molecule has 0 spiro atoms. The maximum atomic E-state index is 10.3. The fourth-order valence-electron chi connectivity index (χ4n) is 4.60. The monoisotopic (exact) mass is 506 g/mol. The minimum Gasteiger partial charge on any atom is -0.192 e. The maximum Gasteiger partial charge on any atom is 0.206 e. The van der Waals surface area contributed by atoms with Crippen molar-refractivity contribution in [2.24, 2.45) is 4.99 Å². The fourth-order valence-corrected chi connectivity index (χ4v) is 4.60. The van der Waals surface area contributed by atoms with Gasteiger partial charge in [-0.15, -0.1) is 0 Å². The number of hydrogen-bond acceptors (Lipinski definition) is 10. The van der Waals surface area contributed by atoms with Gasteiger partial charge in [0.1, 0.15) is 54.1 Å². The van der Waals surface area contributed by atoms with E-state index in [2.05, 4.69) is 4.99 Å². The molecular formula is C30H6N10. The van der Waals surface area contributed by atoms with Gasteiger partial charge in [0.05, 0.1) is 39.1 Å². The van der Waals surface area contributed by atoms with Crippen LogP contribution in [-0.4, -0.2) is 5.71 Å². The SMILES string of the molecule is N#CN=C1C2=C(C(C#N)=C1c1ccc(C#N)c(C#N)c1)C(=C(C#N)C#N)C(c1ccc(C#N)c(C#N)c1)=C2C#N. The highest BCUT2D eigenvalue weighted by atomic mass is 14.8. The van der Waals surface area contributed by atoms with Gasteiger partial charge in [-0.1, -0.05) is 12.1 Å². The van der Waals surface area contributed by atoms with Crippen LogP contribution in [0, 0.1) is 102 Å². The molecule has 40 heavy (non-hydrogen) atoms. The molecule has 0 amide bonds. The van der Waals surface area contributed by atoms with Crippen molar-refractivity contribution in [1.82, 2.24) is 0 Å². The van der Waals surface area contributed by atoms with Gasteiger partial charge in [0.2, 0.25) is 6.19 Å². The Morgan fingerprint density at radius 3 is 1.40 bits per heavy atom. The molecule has 2 aromatic carbocycles. The van der Waals surface area contributed by atoms with Gasteiger partial charge in [-0.2, -0.15) is 52.3 Å². The third kappa shape index (κ3) is 3.63. The van der Waals surface area contributed by atoms with Crippen molar-refractivity contribution in [1.29, 1.82) is 47.4 Å². The second-order valence-corrected chi connectivity index (χ2v) is 7.98. The number of rotatable bonds is 2. The van der Waals surface area contributed by atoms with Gasteiger partial charge < -0.3 is 0 Å². The van der Waals surface area contributed by atoms with E-state index in [-0.39, 0.29) is 78.1 Å². The molecule has 176 valence electrons. The van der Waals surface area contributed by atoms with Crippen molar-refractivity contribution in [3.05, 3.63) is 103 Å². The average molecular weight is 506 g/mol. The van der Waals surface area contributed by atoms with E-state index in [0.717, 1.165) is 0 Å². The lowest BCUT2D eigenvalue weighted by Crippen LogP contribution is -2.06. The summed E-state index contributed by atoms with van der Waals surface area (Å²) in [5, 5.41) is 87.5. The average Bonchev–Trinajstić information content (AvgIpc) is 3.49. The van der Waals surface area contributed by atoms with Crippen LogP contribution in [0.15, 0.2) is 74.8 Å². The van der Waals surface area contributed by atoms with Crippen LogP contribution in [0.3, 0.4) is 0 Å². The first-order valence-electron chi connectivity index (χ1n) is 10.9. The summed E-state index contributed by atoms with van der Waals surface area (Å²) in [7, 11) is 0. The predicted molar refractivity (Wildman–Crippen MR) is 135 cm³/mol. The molecule has 0 saturated heterocycles. The van der Waals surface area contributed by atoms with Crippen molar-refractivity contribution in [2.75, 3.05) is 0 Å². The second kappa shape index (κ2) is 10.2. The first-order valence-corrected chi connectivity index (χ1v) is 10.9. The van der Waals surface area contributed by atoms with Crippen LogP contribution in [0.25, 0.3) is 11.1 Å². The fraction of sp³-hybridized carbons (Fsp3) is 0. The lowest BCUT2D eigenvalue weighted by atomic mass is 9.85. The molecular weight excluding hydrogens is 500 g/mol. The summed E-state index contributed by atoms with van der Waals surface area (Å²) in [6.07, 6.45) is 1.66. The predicted octanol–water partition coefficient (Wildman–Crippen LogP) is 4.02. The molecule has 0 heterocycles. The summed E-state index contributed by atoms with van der Waals surface area (Å²) < 4.78 is 0. The minimum atomic E-state index is -0.446. The summed E-state index contributed by atoms with van der Waals surface area (Å²) in [6, 6.07) is 23.5. The summed E-state index contributed by atoms with van der Waals surface area (Å²) >= 11 is 0. The number of nitriles is 9. The third-order valence-corrected chi connectivity index (χ3v) is 6.18. The number of aliphatic imine (C=N–C) groups is 1. The zero-order chi connectivity index (χ0) is 29.0. The first-order chi connectivity index (χ1) is 19.5. The highest BCUT2D eigenvalue weighted by Gasteiger charge is 2.44. The molecule has 0 aromatic heterocycles. The summed E-state index contributed by atoms with van der Waals surface area (Å²) in [5.74, 6) is 0. The van der Waals surface area contributed by atoms with E-state index in [0.29, 0.717) is 0 Å². The Morgan fingerprint density at radius 2 is 0.975 bits per heavy atom. The topological polar surface area (TPSA) is 226 Å². The van der Waals surface area contributed by atoms with Crippen LogP contribution in [-0.2, 0) is 0 Å². The van der Waals surface area contributed by atoms with E-state index in [1.165, 1.54) is 36.4 Å². The molecule has 0 unspecified atom stereocenters. The maximum absolute atomic E-state index is 10.3. The smallest absolute Gasteiger partial charge is 0.192 e. The van der Waals surface area contributed by atoms with Crippen LogP contribution >= 0.6 is 0 Å². The van der Waals surface area contributed by atoms with E-state index in [4.69, 9.17) is 0 Å². The molecule has 0 radical (unpaired) electrons. The van der Waals surface area contributed by atoms with Crippen LogP contribution < -0.4 is 0 Å². The summed E-state index contributed by atoms with van der Waals surface area (Å²) in [5.41, 5.74) is -0.0950. The quantitative estimate of drug-likeness (QED) is 0.422. The van der Waals surface area contributed by atoms with Crippen molar-refractivity contribution in [2.45, 2.75) is 0 Å². The van der Waals surface area contributed by atoms with Gasteiger partial charge in [0.15, 0.2) is 0 Å². The number of allylic oxidation sites excluding steroid dienone is 8. The molecule has 0 saturated carbocycles. The molecule has 0 N–H and O–H groups in total. The van der Waals surface area contributed by atoms with E-state index >= 15 is 0 Å².